The van der Waals surface area contributed by atoms with E-state index in [1.807, 2.05) is 18.2 Å². The first kappa shape index (κ1) is 23.6. The van der Waals surface area contributed by atoms with E-state index in [0.717, 1.165) is 56.8 Å². The number of aromatic nitrogens is 2. The summed E-state index contributed by atoms with van der Waals surface area (Å²) in [5.41, 5.74) is 11.5. The number of rotatable bonds is 7. The molecule has 0 spiro atoms. The number of nitrogens with two attached hydrogens (primary N) is 1. The van der Waals surface area contributed by atoms with Crippen LogP contribution in [0.5, 0.6) is 0 Å². The molecule has 1 saturated heterocycles. The van der Waals surface area contributed by atoms with Gasteiger partial charge in [-0.3, -0.25) is 9.69 Å². The first-order chi connectivity index (χ1) is 15.9. The standard InChI is InChI=1S/C25H29Cl2N5O/c1-3-17-14-18(16(2)13-19(17)25-29-15-21(30-25)24(28)33)7-8-31-9-11-32(12-10-31)22-6-4-5-20(26)23(22)27/h4-6,13-15H,3,7-12H2,1-2H3,(H2,28,33)(H,29,30). The number of nitrogens with zero attached hydrogens (tertiary/aromatic N) is 3. The number of anilines is 1. The number of hydrogen-bond acceptors (Lipinski definition) is 4. The second-order valence-corrected chi connectivity index (χ2v) is 9.24. The van der Waals surface area contributed by atoms with Crippen molar-refractivity contribution in [3.8, 4) is 11.4 Å². The van der Waals surface area contributed by atoms with Gasteiger partial charge in [-0.05, 0) is 54.7 Å². The van der Waals surface area contributed by atoms with E-state index >= 15 is 0 Å². The van der Waals surface area contributed by atoms with Crippen molar-refractivity contribution in [1.29, 1.82) is 0 Å². The molecule has 0 atom stereocenters. The maximum Gasteiger partial charge on any atom is 0.266 e. The van der Waals surface area contributed by atoms with Gasteiger partial charge in [-0.25, -0.2) is 4.98 Å². The fourth-order valence-electron chi connectivity index (χ4n) is 4.40. The number of nitrogens with one attached hydrogen (secondary N) is 1. The van der Waals surface area contributed by atoms with Gasteiger partial charge in [0.25, 0.3) is 5.91 Å². The Morgan fingerprint density at radius 3 is 2.58 bits per heavy atom. The fourth-order valence-corrected chi connectivity index (χ4v) is 4.81. The van der Waals surface area contributed by atoms with Crippen LogP contribution in [-0.2, 0) is 12.8 Å². The first-order valence-electron chi connectivity index (χ1n) is 11.3. The molecule has 174 valence electrons. The number of carbonyl (C=O) groups is 1. The van der Waals surface area contributed by atoms with Gasteiger partial charge >= 0.3 is 0 Å². The van der Waals surface area contributed by atoms with Gasteiger partial charge in [-0.1, -0.05) is 42.3 Å². The summed E-state index contributed by atoms with van der Waals surface area (Å²) in [7, 11) is 0. The van der Waals surface area contributed by atoms with Gasteiger partial charge in [0.05, 0.1) is 21.9 Å². The van der Waals surface area contributed by atoms with Crippen molar-refractivity contribution in [3.05, 3.63) is 69.0 Å². The number of primary amides is 1. The van der Waals surface area contributed by atoms with Gasteiger partial charge in [0.1, 0.15) is 11.5 Å². The van der Waals surface area contributed by atoms with Crippen molar-refractivity contribution in [2.75, 3.05) is 37.6 Å². The Kier molecular flexibility index (Phi) is 7.27. The zero-order valence-corrected chi connectivity index (χ0v) is 20.5. The summed E-state index contributed by atoms with van der Waals surface area (Å²) in [5, 5.41) is 1.23. The van der Waals surface area contributed by atoms with Crippen molar-refractivity contribution in [1.82, 2.24) is 14.9 Å². The lowest BCUT2D eigenvalue weighted by atomic mass is 9.95. The average molecular weight is 486 g/mol. The van der Waals surface area contributed by atoms with Crippen LogP contribution in [0, 0.1) is 6.92 Å². The van der Waals surface area contributed by atoms with Gasteiger partial charge in [0.2, 0.25) is 0 Å². The van der Waals surface area contributed by atoms with Gasteiger partial charge in [-0.15, -0.1) is 0 Å². The van der Waals surface area contributed by atoms with Crippen LogP contribution in [0.3, 0.4) is 0 Å². The highest BCUT2D eigenvalue weighted by Crippen LogP contribution is 2.33. The Morgan fingerprint density at radius 1 is 1.15 bits per heavy atom. The van der Waals surface area contributed by atoms with Crippen LogP contribution < -0.4 is 10.6 Å². The van der Waals surface area contributed by atoms with E-state index in [4.69, 9.17) is 28.9 Å². The van der Waals surface area contributed by atoms with Crippen LogP contribution in [-0.4, -0.2) is 53.5 Å². The minimum absolute atomic E-state index is 0.326. The number of piperazine rings is 1. The maximum absolute atomic E-state index is 11.4. The smallest absolute Gasteiger partial charge is 0.266 e. The molecular formula is C25H29Cl2N5O. The maximum atomic E-state index is 11.4. The van der Waals surface area contributed by atoms with Crippen molar-refractivity contribution in [2.24, 2.45) is 5.73 Å². The number of aryl methyl sites for hydroxylation is 2. The van der Waals surface area contributed by atoms with Crippen molar-refractivity contribution >= 4 is 34.8 Å². The molecule has 2 heterocycles. The minimum Gasteiger partial charge on any atom is -0.368 e. The topological polar surface area (TPSA) is 78.2 Å². The summed E-state index contributed by atoms with van der Waals surface area (Å²) in [5.74, 6) is 0.184. The summed E-state index contributed by atoms with van der Waals surface area (Å²) in [6.07, 6.45) is 3.37. The molecule has 8 heteroatoms. The molecule has 1 aliphatic rings. The van der Waals surface area contributed by atoms with Gasteiger partial charge in [-0.2, -0.15) is 0 Å². The minimum atomic E-state index is -0.502. The monoisotopic (exact) mass is 485 g/mol. The third kappa shape index (κ3) is 5.18. The lowest BCUT2D eigenvalue weighted by Gasteiger charge is -2.36. The Bertz CT molecular complexity index is 1150. The summed E-state index contributed by atoms with van der Waals surface area (Å²) in [6, 6.07) is 10.2. The SMILES string of the molecule is CCc1cc(CCN2CCN(c3cccc(Cl)c3Cl)CC2)c(C)cc1-c1ncc(C(N)=O)[nH]1. The zero-order valence-electron chi connectivity index (χ0n) is 19.0. The van der Waals surface area contributed by atoms with E-state index in [-0.39, 0.29) is 0 Å². The van der Waals surface area contributed by atoms with Crippen molar-refractivity contribution in [3.63, 3.8) is 0 Å². The number of halogens is 2. The molecule has 1 fully saturated rings. The van der Waals surface area contributed by atoms with Gasteiger partial charge in [0, 0.05) is 38.3 Å². The molecule has 2 aromatic carbocycles. The van der Waals surface area contributed by atoms with E-state index < -0.39 is 5.91 Å². The molecular weight excluding hydrogens is 457 g/mol. The summed E-state index contributed by atoms with van der Waals surface area (Å²) in [6.45, 7) is 9.11. The average Bonchev–Trinajstić information content (AvgIpc) is 3.31. The van der Waals surface area contributed by atoms with E-state index in [2.05, 4.69) is 45.7 Å². The largest absolute Gasteiger partial charge is 0.368 e. The van der Waals surface area contributed by atoms with Crippen molar-refractivity contribution in [2.45, 2.75) is 26.7 Å². The zero-order chi connectivity index (χ0) is 23.5. The van der Waals surface area contributed by atoms with Crippen LogP contribution in [0.2, 0.25) is 10.0 Å². The van der Waals surface area contributed by atoms with Crippen LogP contribution in [0.25, 0.3) is 11.4 Å². The van der Waals surface area contributed by atoms with Crippen LogP contribution in [0.4, 0.5) is 5.69 Å². The highest BCUT2D eigenvalue weighted by molar-refractivity contribution is 6.43. The van der Waals surface area contributed by atoms with E-state index in [0.29, 0.717) is 21.6 Å². The Morgan fingerprint density at radius 2 is 1.91 bits per heavy atom. The summed E-state index contributed by atoms with van der Waals surface area (Å²) in [4.78, 5) is 23.6. The lowest BCUT2D eigenvalue weighted by molar-refractivity contribution is 0.0996. The molecule has 0 aliphatic carbocycles. The van der Waals surface area contributed by atoms with Crippen LogP contribution in [0.15, 0.2) is 36.5 Å². The number of amides is 1. The van der Waals surface area contributed by atoms with Crippen molar-refractivity contribution < 1.29 is 4.79 Å². The molecule has 33 heavy (non-hydrogen) atoms. The molecule has 1 amide bonds. The number of hydrogen-bond donors (Lipinski definition) is 2. The predicted molar refractivity (Wildman–Crippen MR) is 135 cm³/mol. The third-order valence-electron chi connectivity index (χ3n) is 6.38. The highest BCUT2D eigenvalue weighted by atomic mass is 35.5. The highest BCUT2D eigenvalue weighted by Gasteiger charge is 2.20. The normalized spacial score (nSPS) is 14.6. The molecule has 3 aromatic rings. The van der Waals surface area contributed by atoms with Crippen LogP contribution in [0.1, 0.15) is 34.1 Å². The Hall–Kier alpha value is -2.54. The molecule has 0 saturated carbocycles. The quantitative estimate of drug-likeness (QED) is 0.507. The number of benzene rings is 2. The van der Waals surface area contributed by atoms with Crippen LogP contribution >= 0.6 is 23.2 Å². The fraction of sp³-hybridized carbons (Fsp3) is 0.360. The number of carbonyl (C=O) groups excluding carboxylic acids is 1. The molecule has 3 N–H and O–H groups in total. The third-order valence-corrected chi connectivity index (χ3v) is 7.19. The molecule has 0 bridgehead atoms. The molecule has 4 rings (SSSR count). The Labute approximate surface area is 204 Å². The predicted octanol–water partition coefficient (Wildman–Crippen LogP) is 4.72. The second kappa shape index (κ2) is 10.2. The summed E-state index contributed by atoms with van der Waals surface area (Å²) < 4.78 is 0. The van der Waals surface area contributed by atoms with E-state index in [1.54, 1.807) is 0 Å². The number of H-pyrrole nitrogens is 1. The molecule has 6 nitrogen and oxygen atoms in total. The second-order valence-electron chi connectivity index (χ2n) is 8.45. The number of imidazole rings is 1. The molecule has 1 aliphatic heterocycles. The molecule has 0 unspecified atom stereocenters. The van der Waals surface area contributed by atoms with Gasteiger partial charge < -0.3 is 15.6 Å². The van der Waals surface area contributed by atoms with E-state index in [9.17, 15) is 4.79 Å². The lowest BCUT2D eigenvalue weighted by Crippen LogP contribution is -2.47. The summed E-state index contributed by atoms with van der Waals surface area (Å²) >= 11 is 12.6. The Balaban J connectivity index is 1.40. The van der Waals surface area contributed by atoms with Gasteiger partial charge in [0.15, 0.2) is 0 Å². The number of aromatic amines is 1. The molecule has 0 radical (unpaired) electrons. The first-order valence-corrected chi connectivity index (χ1v) is 12.0. The van der Waals surface area contributed by atoms with E-state index in [1.165, 1.54) is 22.9 Å². The molecule has 1 aromatic heterocycles.